The van der Waals surface area contributed by atoms with Crippen molar-refractivity contribution in [3.63, 3.8) is 0 Å². The summed E-state index contributed by atoms with van der Waals surface area (Å²) in [5, 5.41) is 5.12. The van der Waals surface area contributed by atoms with E-state index in [2.05, 4.69) is 15.6 Å². The quantitative estimate of drug-likeness (QED) is 0.442. The van der Waals surface area contributed by atoms with E-state index >= 15 is 0 Å². The molecule has 2 fully saturated rings. The number of benzene rings is 2. The average molecular weight is 576 g/mol. The average Bonchev–Trinajstić information content (AvgIpc) is 3.76. The Morgan fingerprint density at radius 3 is 2.42 bits per heavy atom. The highest BCUT2D eigenvalue weighted by Gasteiger charge is 2.59. The number of hydrogen-bond donors (Lipinski definition) is 2. The van der Waals surface area contributed by atoms with Crippen LogP contribution in [0.5, 0.6) is 0 Å². The second-order valence-corrected chi connectivity index (χ2v) is 12.1. The SMILES string of the molecule is CNC(=O)Nc1ccc(-c2nc(N3CCOC[C@@H]3C)cc(C3(S(=O)(=O)c4ccccc4C(F)(F)F)CC3)n2)cc1. The fourth-order valence-electron chi connectivity index (χ4n) is 4.83. The molecule has 3 aromatic rings. The summed E-state index contributed by atoms with van der Waals surface area (Å²) >= 11 is 0. The molecular weight excluding hydrogens is 547 g/mol. The van der Waals surface area contributed by atoms with Crippen LogP contribution in [0, 0.1) is 0 Å². The van der Waals surface area contributed by atoms with Crippen molar-refractivity contribution in [1.82, 2.24) is 15.3 Å². The number of nitrogens with one attached hydrogen (secondary N) is 2. The smallest absolute Gasteiger partial charge is 0.377 e. The zero-order valence-electron chi connectivity index (χ0n) is 21.8. The van der Waals surface area contributed by atoms with E-state index in [1.807, 2.05) is 11.8 Å². The number of halogens is 3. The number of anilines is 2. The van der Waals surface area contributed by atoms with E-state index in [0.717, 1.165) is 12.1 Å². The van der Waals surface area contributed by atoms with Gasteiger partial charge in [0.1, 0.15) is 10.6 Å². The monoisotopic (exact) mass is 575 g/mol. The summed E-state index contributed by atoms with van der Waals surface area (Å²) in [6, 6.07) is 12.0. The summed E-state index contributed by atoms with van der Waals surface area (Å²) in [7, 11) is -2.99. The highest BCUT2D eigenvalue weighted by atomic mass is 32.2. The molecule has 1 saturated carbocycles. The van der Waals surface area contributed by atoms with E-state index in [0.29, 0.717) is 36.8 Å². The molecule has 2 aliphatic rings. The lowest BCUT2D eigenvalue weighted by atomic mass is 10.1. The first kappa shape index (κ1) is 27.8. The van der Waals surface area contributed by atoms with Gasteiger partial charge in [0.25, 0.3) is 0 Å². The number of morpholine rings is 1. The molecule has 0 spiro atoms. The molecule has 0 unspecified atom stereocenters. The Bertz CT molecular complexity index is 1530. The van der Waals surface area contributed by atoms with Crippen molar-refractivity contribution in [2.45, 2.75) is 41.6 Å². The van der Waals surface area contributed by atoms with Crippen LogP contribution in [0.25, 0.3) is 11.4 Å². The van der Waals surface area contributed by atoms with Crippen LogP contribution in [-0.4, -0.2) is 57.3 Å². The van der Waals surface area contributed by atoms with Crippen LogP contribution >= 0.6 is 0 Å². The third kappa shape index (κ3) is 5.10. The molecule has 1 aliphatic heterocycles. The maximum absolute atomic E-state index is 13.9. The van der Waals surface area contributed by atoms with Gasteiger partial charge in [-0.1, -0.05) is 12.1 Å². The summed E-state index contributed by atoms with van der Waals surface area (Å²) in [4.78, 5) is 22.2. The van der Waals surface area contributed by atoms with E-state index in [1.54, 1.807) is 30.3 Å². The third-order valence-corrected chi connectivity index (χ3v) is 9.75. The van der Waals surface area contributed by atoms with Gasteiger partial charge in [0.05, 0.1) is 35.4 Å². The van der Waals surface area contributed by atoms with E-state index in [1.165, 1.54) is 19.2 Å². The topological polar surface area (TPSA) is 114 Å². The number of urea groups is 1. The Morgan fingerprint density at radius 2 is 1.80 bits per heavy atom. The molecule has 2 aromatic carbocycles. The predicted molar refractivity (Wildman–Crippen MR) is 143 cm³/mol. The summed E-state index contributed by atoms with van der Waals surface area (Å²) in [6.07, 6.45) is -4.58. The molecule has 9 nitrogen and oxygen atoms in total. The lowest BCUT2D eigenvalue weighted by molar-refractivity contribution is -0.139. The molecule has 212 valence electrons. The molecule has 0 bridgehead atoms. The zero-order valence-corrected chi connectivity index (χ0v) is 22.6. The highest BCUT2D eigenvalue weighted by molar-refractivity contribution is 7.92. The molecule has 5 rings (SSSR count). The van der Waals surface area contributed by atoms with Crippen molar-refractivity contribution >= 4 is 27.4 Å². The standard InChI is InChI=1S/C27H28F3N5O4S/c1-17-16-39-14-13-35(17)23-15-22(33-24(34-23)18-7-9-19(10-8-18)32-25(36)31-2)26(11-12-26)40(37,38)21-6-4-3-5-20(21)27(28,29)30/h3-10,15,17H,11-14,16H2,1-2H3,(H2,31,32,36)/t17-/m0/s1. The van der Waals surface area contributed by atoms with Gasteiger partial charge in [-0.3, -0.25) is 0 Å². The van der Waals surface area contributed by atoms with Gasteiger partial charge in [0.2, 0.25) is 0 Å². The van der Waals surface area contributed by atoms with Gasteiger partial charge in [0, 0.05) is 30.9 Å². The maximum atomic E-state index is 13.9. The Kier molecular flexibility index (Phi) is 7.21. The number of nitrogens with zero attached hydrogens (tertiary/aromatic N) is 3. The van der Waals surface area contributed by atoms with Crippen molar-refractivity contribution in [2.24, 2.45) is 0 Å². The van der Waals surface area contributed by atoms with Crippen LogP contribution in [-0.2, 0) is 25.5 Å². The molecule has 40 heavy (non-hydrogen) atoms. The second-order valence-electron chi connectivity index (χ2n) is 9.83. The zero-order chi connectivity index (χ0) is 28.7. The van der Waals surface area contributed by atoms with Crippen molar-refractivity contribution in [3.8, 4) is 11.4 Å². The van der Waals surface area contributed by atoms with Gasteiger partial charge in [-0.05, 0) is 56.2 Å². The number of alkyl halides is 3. The van der Waals surface area contributed by atoms with Crippen molar-refractivity contribution in [1.29, 1.82) is 0 Å². The van der Waals surface area contributed by atoms with Crippen LogP contribution in [0.4, 0.5) is 29.5 Å². The van der Waals surface area contributed by atoms with Gasteiger partial charge in [-0.25, -0.2) is 23.2 Å². The molecule has 1 saturated heterocycles. The molecular formula is C27H28F3N5O4S. The molecule has 1 aliphatic carbocycles. The predicted octanol–water partition coefficient (Wildman–Crippen LogP) is 4.60. The van der Waals surface area contributed by atoms with E-state index in [4.69, 9.17) is 9.72 Å². The van der Waals surface area contributed by atoms with E-state index < -0.39 is 37.3 Å². The maximum Gasteiger partial charge on any atom is 0.417 e. The number of carbonyl (C=O) groups is 1. The van der Waals surface area contributed by atoms with Gasteiger partial charge >= 0.3 is 12.2 Å². The third-order valence-electron chi connectivity index (χ3n) is 7.17. The minimum Gasteiger partial charge on any atom is -0.377 e. The lowest BCUT2D eigenvalue weighted by Crippen LogP contribution is -2.44. The Morgan fingerprint density at radius 1 is 1.10 bits per heavy atom. The minimum atomic E-state index is -4.84. The minimum absolute atomic E-state index is 0.0683. The van der Waals surface area contributed by atoms with Crippen molar-refractivity contribution in [3.05, 3.63) is 65.9 Å². The van der Waals surface area contributed by atoms with E-state index in [-0.39, 0.29) is 30.4 Å². The number of sulfone groups is 1. The fourth-order valence-corrected chi connectivity index (χ4v) is 7.00. The second kappa shape index (κ2) is 10.4. The molecule has 0 radical (unpaired) electrons. The Labute approximate surface area is 229 Å². The number of hydrogen-bond acceptors (Lipinski definition) is 7. The summed E-state index contributed by atoms with van der Waals surface area (Å²) in [5.41, 5.74) is 0.0224. The van der Waals surface area contributed by atoms with Gasteiger partial charge in [0.15, 0.2) is 15.7 Å². The first-order valence-corrected chi connectivity index (χ1v) is 14.2. The molecule has 1 atom stereocenters. The first-order chi connectivity index (χ1) is 19.0. The number of aromatic nitrogens is 2. The Hall–Kier alpha value is -3.71. The molecule has 2 amide bonds. The highest BCUT2D eigenvalue weighted by Crippen LogP contribution is 2.56. The summed E-state index contributed by atoms with van der Waals surface area (Å²) < 4.78 is 73.2. The number of ether oxygens (including phenoxy) is 1. The molecule has 2 N–H and O–H groups in total. The first-order valence-electron chi connectivity index (χ1n) is 12.7. The van der Waals surface area contributed by atoms with Gasteiger partial charge < -0.3 is 20.3 Å². The van der Waals surface area contributed by atoms with E-state index in [9.17, 15) is 26.4 Å². The molecule has 1 aromatic heterocycles. The largest absolute Gasteiger partial charge is 0.417 e. The summed E-state index contributed by atoms with van der Waals surface area (Å²) in [6.45, 7) is 3.34. The number of rotatable bonds is 6. The van der Waals surface area contributed by atoms with Crippen molar-refractivity contribution < 1.29 is 31.1 Å². The van der Waals surface area contributed by atoms with Crippen molar-refractivity contribution in [2.75, 3.05) is 37.0 Å². The molecule has 13 heteroatoms. The van der Waals surface area contributed by atoms with Crippen LogP contribution in [0.2, 0.25) is 0 Å². The molecule has 2 heterocycles. The number of amides is 2. The normalized spacial score (nSPS) is 18.7. The summed E-state index contributed by atoms with van der Waals surface area (Å²) in [5.74, 6) is 0.692. The van der Waals surface area contributed by atoms with Crippen LogP contribution in [0.3, 0.4) is 0 Å². The number of carbonyl (C=O) groups excluding carboxylic acids is 1. The Balaban J connectivity index is 1.62. The van der Waals surface area contributed by atoms with Gasteiger partial charge in [-0.15, -0.1) is 0 Å². The van der Waals surface area contributed by atoms with Crippen LogP contribution in [0.1, 0.15) is 31.0 Å². The van der Waals surface area contributed by atoms with Gasteiger partial charge in [-0.2, -0.15) is 13.2 Å². The van der Waals surface area contributed by atoms with Crippen LogP contribution in [0.15, 0.2) is 59.5 Å². The van der Waals surface area contributed by atoms with Crippen LogP contribution < -0.4 is 15.5 Å². The lowest BCUT2D eigenvalue weighted by Gasteiger charge is -2.35. The fraction of sp³-hybridized carbons (Fsp3) is 0.370.